The van der Waals surface area contributed by atoms with Gasteiger partial charge in [0.05, 0.1) is 0 Å². The van der Waals surface area contributed by atoms with Crippen LogP contribution < -0.4 is 0 Å². The third kappa shape index (κ3) is 4.80. The molecule has 0 aromatic carbocycles. The molecule has 1 heteroatoms. The molecule has 0 nitrogen and oxygen atoms in total. The summed E-state index contributed by atoms with van der Waals surface area (Å²) in [5, 5.41) is 0. The summed E-state index contributed by atoms with van der Waals surface area (Å²) < 4.78 is 3.11. The van der Waals surface area contributed by atoms with Gasteiger partial charge >= 0.3 is 43.9 Å². The minimum absolute atomic E-state index is 0.0578. The third-order valence-electron chi connectivity index (χ3n) is 0.707. The van der Waals surface area contributed by atoms with E-state index in [4.69, 9.17) is 0 Å². The number of hydrogen-bond donors (Lipinski definition) is 0. The van der Waals surface area contributed by atoms with Crippen molar-refractivity contribution in [3.05, 3.63) is 0 Å². The quantitative estimate of drug-likeness (QED) is 0.555. The van der Waals surface area contributed by atoms with Crippen molar-refractivity contribution in [2.75, 3.05) is 0 Å². The summed E-state index contributed by atoms with van der Waals surface area (Å²) in [4.78, 5) is 0. The summed E-state index contributed by atoms with van der Waals surface area (Å²) >= 11 is -0.0578. The van der Waals surface area contributed by atoms with E-state index in [0.717, 1.165) is 0 Å². The van der Waals surface area contributed by atoms with Crippen molar-refractivity contribution >= 4 is 21.1 Å². The Morgan fingerprint density at radius 1 is 1.20 bits per heavy atom. The first-order valence-corrected chi connectivity index (χ1v) is 8.12. The molecule has 0 aliphatic carbocycles. The zero-order valence-corrected chi connectivity index (χ0v) is 8.16. The van der Waals surface area contributed by atoms with Crippen LogP contribution in [-0.2, 0) is 0 Å². The Morgan fingerprint density at radius 2 is 1.60 bits per heavy atom. The molecule has 0 N–H and O–H groups in total. The maximum atomic E-state index is 2.31. The first-order chi connectivity index (χ1) is 2.41. The van der Waals surface area contributed by atoms with Crippen LogP contribution in [0.15, 0.2) is 0 Å². The van der Waals surface area contributed by atoms with Crippen molar-refractivity contribution in [2.24, 2.45) is 0 Å². The molecule has 0 saturated carbocycles. The van der Waals surface area contributed by atoms with Gasteiger partial charge < -0.3 is 0 Å². The predicted octanol–water partition coefficient (Wildman–Crippen LogP) is 1.03. The van der Waals surface area contributed by atoms with Crippen LogP contribution in [0.2, 0.25) is 8.87 Å². The molecule has 5 heavy (non-hydrogen) atoms. The Bertz CT molecular complexity index is 11.1. The van der Waals surface area contributed by atoms with E-state index in [1.54, 1.807) is 8.87 Å². The molecule has 0 bridgehead atoms. The summed E-state index contributed by atoms with van der Waals surface area (Å²) in [7, 11) is 0. The van der Waals surface area contributed by atoms with Gasteiger partial charge in [0.25, 0.3) is 0 Å². The zero-order chi connectivity index (χ0) is 4.12. The summed E-state index contributed by atoms with van der Waals surface area (Å²) in [5.74, 6) is 0. The zero-order valence-electron chi connectivity index (χ0n) is 4.12. The van der Waals surface area contributed by atoms with E-state index in [1.807, 2.05) is 0 Å². The van der Waals surface area contributed by atoms with E-state index in [1.165, 1.54) is 0 Å². The van der Waals surface area contributed by atoms with Gasteiger partial charge in [-0.25, -0.2) is 0 Å². The molecular formula is C4H12Sn. The molecule has 0 aliphatic rings. The Kier molecular flexibility index (Phi) is 5.57. The van der Waals surface area contributed by atoms with Gasteiger partial charge in [0.2, 0.25) is 0 Å². The van der Waals surface area contributed by atoms with Gasteiger partial charge in [-0.05, 0) is 0 Å². The van der Waals surface area contributed by atoms with E-state index in [2.05, 4.69) is 13.8 Å². The van der Waals surface area contributed by atoms with Crippen LogP contribution >= 0.6 is 0 Å². The molecule has 32 valence electrons. The Labute approximate surface area is 44.2 Å². The van der Waals surface area contributed by atoms with E-state index in [9.17, 15) is 0 Å². The summed E-state index contributed by atoms with van der Waals surface area (Å²) in [6.07, 6.45) is 0. The second-order valence-corrected chi connectivity index (χ2v) is 9.08. The minimum atomic E-state index is -0.0578. The Morgan fingerprint density at radius 3 is 1.60 bits per heavy atom. The van der Waals surface area contributed by atoms with Gasteiger partial charge in [0.1, 0.15) is 0 Å². The molecule has 0 atom stereocenters. The van der Waals surface area contributed by atoms with E-state index in [0.29, 0.717) is 0 Å². The van der Waals surface area contributed by atoms with E-state index >= 15 is 0 Å². The predicted molar refractivity (Wildman–Crippen MR) is 29.5 cm³/mol. The first kappa shape index (κ1) is 5.80. The molecule has 0 spiro atoms. The molecule has 0 amide bonds. The van der Waals surface area contributed by atoms with Gasteiger partial charge in [0.15, 0.2) is 0 Å². The monoisotopic (exact) mass is 180 g/mol. The van der Waals surface area contributed by atoms with Crippen LogP contribution in [0.3, 0.4) is 0 Å². The molecule has 0 aliphatic heterocycles. The van der Waals surface area contributed by atoms with Crippen molar-refractivity contribution < 1.29 is 0 Å². The molecule has 0 radical (unpaired) electrons. The van der Waals surface area contributed by atoms with Gasteiger partial charge in [-0.2, -0.15) is 0 Å². The normalized spacial score (nSPS) is 8.40. The topological polar surface area (TPSA) is 0 Å². The van der Waals surface area contributed by atoms with Crippen molar-refractivity contribution in [2.45, 2.75) is 22.7 Å². The average Bonchev–Trinajstić information content (AvgIpc) is 1.41. The molecule has 0 aromatic rings. The van der Waals surface area contributed by atoms with Crippen LogP contribution in [0.4, 0.5) is 0 Å². The van der Waals surface area contributed by atoms with Crippen LogP contribution in [0.25, 0.3) is 0 Å². The molecule has 0 unspecified atom stereocenters. The van der Waals surface area contributed by atoms with Gasteiger partial charge in [-0.15, -0.1) is 0 Å². The second-order valence-electron chi connectivity index (χ2n) is 1.35. The standard InChI is InChI=1S/2C2H5.Sn.2H/c2*1-2;;;/h2*1H2,2H3;;;. The molecule has 0 rings (SSSR count). The van der Waals surface area contributed by atoms with Crippen LogP contribution in [0, 0.1) is 0 Å². The van der Waals surface area contributed by atoms with Crippen LogP contribution in [0.1, 0.15) is 13.8 Å². The maximum absolute atomic E-state index is 2.31. The summed E-state index contributed by atoms with van der Waals surface area (Å²) in [5.41, 5.74) is 0. The summed E-state index contributed by atoms with van der Waals surface area (Å²) in [6.45, 7) is 4.61. The number of hydrogen-bond acceptors (Lipinski definition) is 0. The van der Waals surface area contributed by atoms with E-state index in [-0.39, 0.29) is 21.1 Å². The molecule has 0 fully saturated rings. The fourth-order valence-corrected chi connectivity index (χ4v) is 2.37. The van der Waals surface area contributed by atoms with Gasteiger partial charge in [0, 0.05) is 0 Å². The molecule has 0 saturated heterocycles. The molecule has 0 heterocycles. The van der Waals surface area contributed by atoms with Crippen molar-refractivity contribution in [1.82, 2.24) is 0 Å². The van der Waals surface area contributed by atoms with Crippen LogP contribution in [0.5, 0.6) is 0 Å². The Balaban J connectivity index is 2.19. The summed E-state index contributed by atoms with van der Waals surface area (Å²) in [6, 6.07) is 0. The van der Waals surface area contributed by atoms with Crippen molar-refractivity contribution in [1.29, 1.82) is 0 Å². The molecule has 0 aromatic heterocycles. The molecular weight excluding hydrogens is 167 g/mol. The first-order valence-electron chi connectivity index (χ1n) is 2.41. The van der Waals surface area contributed by atoms with Gasteiger partial charge in [-0.3, -0.25) is 0 Å². The van der Waals surface area contributed by atoms with Gasteiger partial charge in [-0.1, -0.05) is 0 Å². The third-order valence-corrected chi connectivity index (χ3v) is 4.74. The fraction of sp³-hybridized carbons (Fsp3) is 1.00. The van der Waals surface area contributed by atoms with Crippen molar-refractivity contribution in [3.8, 4) is 0 Å². The number of rotatable bonds is 2. The van der Waals surface area contributed by atoms with Crippen molar-refractivity contribution in [3.63, 3.8) is 0 Å². The second kappa shape index (κ2) is 4.80. The average molecular weight is 179 g/mol. The Hall–Kier alpha value is 0.799. The van der Waals surface area contributed by atoms with E-state index < -0.39 is 0 Å². The fourth-order valence-electron chi connectivity index (χ4n) is 0.354. The SMILES string of the molecule is C[CH2][SnH2][CH2]C. The van der Waals surface area contributed by atoms with Crippen LogP contribution in [-0.4, -0.2) is 21.1 Å².